The largest absolute Gasteiger partial charge is 0.478 e. The van der Waals surface area contributed by atoms with Gasteiger partial charge in [-0.25, -0.2) is 13.2 Å². The number of carboxylic acids is 1. The number of ether oxygens (including phenoxy) is 1. The second-order valence-electron chi connectivity index (χ2n) is 9.11. The Bertz CT molecular complexity index is 1860. The van der Waals surface area contributed by atoms with Crippen molar-refractivity contribution < 1.29 is 27.9 Å². The Hall–Kier alpha value is -4.34. The van der Waals surface area contributed by atoms with E-state index in [1.807, 2.05) is 22.8 Å². The van der Waals surface area contributed by atoms with Crippen molar-refractivity contribution in [3.63, 3.8) is 0 Å². The molecule has 1 aromatic heterocycles. The third-order valence-electron chi connectivity index (χ3n) is 6.45. The lowest BCUT2D eigenvalue weighted by Gasteiger charge is -2.17. The monoisotopic (exact) mass is 562 g/mol. The fourth-order valence-corrected chi connectivity index (χ4v) is 5.53. The molecule has 0 saturated heterocycles. The summed E-state index contributed by atoms with van der Waals surface area (Å²) < 4.78 is 32.3. The van der Waals surface area contributed by atoms with E-state index < -0.39 is 27.8 Å². The summed E-state index contributed by atoms with van der Waals surface area (Å²) in [6.45, 7) is 0.272. The molecule has 1 amide bonds. The number of amides is 1. The number of rotatable bonds is 8. The van der Waals surface area contributed by atoms with Gasteiger partial charge in [0.15, 0.2) is 9.84 Å². The summed E-state index contributed by atoms with van der Waals surface area (Å²) in [7, 11) is -3.42. The second-order valence-corrected chi connectivity index (χ2v) is 11.6. The maximum Gasteiger partial charge on any atom is 0.349 e. The van der Waals surface area contributed by atoms with Gasteiger partial charge in [0.25, 0.3) is 0 Å². The minimum absolute atomic E-state index is 0.190. The number of carboxylic acid groups (broad SMARTS) is 1. The Balaban J connectivity index is 1.73. The highest BCUT2D eigenvalue weighted by Crippen LogP contribution is 2.40. The first-order valence-electron chi connectivity index (χ1n) is 11.8. The maximum absolute atomic E-state index is 12.5. The van der Waals surface area contributed by atoms with Gasteiger partial charge >= 0.3 is 5.97 Å². The van der Waals surface area contributed by atoms with Crippen molar-refractivity contribution in [1.82, 2.24) is 4.57 Å². The topological polar surface area (TPSA) is 129 Å². The first-order chi connectivity index (χ1) is 18.5. The summed E-state index contributed by atoms with van der Waals surface area (Å²) in [4.78, 5) is 24.9. The number of hydrogen-bond acceptors (Lipinski definition) is 5. The highest BCUT2D eigenvalue weighted by Gasteiger charge is 2.26. The van der Waals surface area contributed by atoms with Crippen LogP contribution in [0.2, 0.25) is 5.02 Å². The normalized spacial score (nSPS) is 12.5. The fraction of sp³-hybridized carbons (Fsp3) is 0.103. The van der Waals surface area contributed by atoms with Gasteiger partial charge in [-0.2, -0.15) is 0 Å². The SMILES string of the molecule is CS(=O)(=O)c1cccc(Cn2c3cccc(OC(C(=O)O)c4ccc(Cl)cc4)c3c3c(C(N)=O)cccc32)c1. The molecule has 1 unspecified atom stereocenters. The van der Waals surface area contributed by atoms with E-state index in [-0.39, 0.29) is 22.8 Å². The van der Waals surface area contributed by atoms with Crippen molar-refractivity contribution in [3.8, 4) is 5.75 Å². The predicted molar refractivity (Wildman–Crippen MR) is 149 cm³/mol. The number of aromatic nitrogens is 1. The highest BCUT2D eigenvalue weighted by atomic mass is 35.5. The third-order valence-corrected chi connectivity index (χ3v) is 7.82. The Morgan fingerprint density at radius 3 is 2.23 bits per heavy atom. The third kappa shape index (κ3) is 5.06. The maximum atomic E-state index is 12.5. The Labute approximate surface area is 229 Å². The summed E-state index contributed by atoms with van der Waals surface area (Å²) in [5, 5.41) is 11.5. The number of carbonyl (C=O) groups excluding carboxylic acids is 1. The molecule has 0 saturated carbocycles. The number of aliphatic carboxylic acids is 1. The highest BCUT2D eigenvalue weighted by molar-refractivity contribution is 7.90. The summed E-state index contributed by atoms with van der Waals surface area (Å²) in [6.07, 6.45) is -0.201. The molecule has 3 N–H and O–H groups in total. The molecule has 1 atom stereocenters. The van der Waals surface area contributed by atoms with Crippen LogP contribution in [0.5, 0.6) is 5.75 Å². The number of hydrogen-bond donors (Lipinski definition) is 2. The summed E-state index contributed by atoms with van der Waals surface area (Å²) in [5.41, 5.74) is 8.40. The molecule has 0 aliphatic heterocycles. The molecule has 0 bridgehead atoms. The van der Waals surface area contributed by atoms with E-state index in [4.69, 9.17) is 22.1 Å². The van der Waals surface area contributed by atoms with Gasteiger partial charge in [0.05, 0.1) is 21.3 Å². The lowest BCUT2D eigenvalue weighted by Crippen LogP contribution is -2.18. The molecule has 4 aromatic carbocycles. The lowest BCUT2D eigenvalue weighted by atomic mass is 10.0. The van der Waals surface area contributed by atoms with Crippen molar-refractivity contribution in [3.05, 3.63) is 107 Å². The smallest absolute Gasteiger partial charge is 0.349 e. The number of fused-ring (bicyclic) bond motifs is 3. The van der Waals surface area contributed by atoms with Crippen LogP contribution in [-0.2, 0) is 21.2 Å². The van der Waals surface area contributed by atoms with Crippen molar-refractivity contribution in [2.45, 2.75) is 17.5 Å². The molecule has 39 heavy (non-hydrogen) atoms. The van der Waals surface area contributed by atoms with Crippen LogP contribution in [0.1, 0.15) is 27.6 Å². The summed E-state index contributed by atoms with van der Waals surface area (Å²) in [6, 6.07) is 23.3. The average molecular weight is 563 g/mol. The molecular formula is C29H23ClN2O6S. The lowest BCUT2D eigenvalue weighted by molar-refractivity contribution is -0.145. The van der Waals surface area contributed by atoms with Crippen molar-refractivity contribution in [1.29, 1.82) is 0 Å². The fourth-order valence-electron chi connectivity index (χ4n) is 4.71. The molecule has 0 aliphatic carbocycles. The molecule has 1 heterocycles. The van der Waals surface area contributed by atoms with E-state index in [1.165, 1.54) is 6.07 Å². The Morgan fingerprint density at radius 2 is 1.59 bits per heavy atom. The van der Waals surface area contributed by atoms with Crippen LogP contribution in [0.4, 0.5) is 0 Å². The quantitative estimate of drug-likeness (QED) is 0.267. The molecule has 5 aromatic rings. The molecular weight excluding hydrogens is 540 g/mol. The van der Waals surface area contributed by atoms with Gasteiger partial charge in [-0.3, -0.25) is 4.79 Å². The number of sulfone groups is 1. The van der Waals surface area contributed by atoms with Crippen LogP contribution in [0.15, 0.2) is 89.8 Å². The Morgan fingerprint density at radius 1 is 0.949 bits per heavy atom. The van der Waals surface area contributed by atoms with Crippen LogP contribution in [0, 0.1) is 0 Å². The van der Waals surface area contributed by atoms with Crippen LogP contribution in [-0.4, -0.2) is 36.2 Å². The van der Waals surface area contributed by atoms with E-state index >= 15 is 0 Å². The van der Waals surface area contributed by atoms with Crippen molar-refractivity contribution in [2.24, 2.45) is 5.73 Å². The minimum Gasteiger partial charge on any atom is -0.478 e. The summed E-state index contributed by atoms with van der Waals surface area (Å²) in [5.74, 6) is -1.61. The number of primary amides is 1. The second kappa shape index (κ2) is 10.1. The molecule has 5 rings (SSSR count). The number of carbonyl (C=O) groups is 2. The number of halogens is 1. The van der Waals surface area contributed by atoms with Gasteiger partial charge in [-0.1, -0.05) is 48.0 Å². The first-order valence-corrected chi connectivity index (χ1v) is 14.1. The van der Waals surface area contributed by atoms with Gasteiger partial charge < -0.3 is 20.1 Å². The number of nitrogens with two attached hydrogens (primary N) is 1. The van der Waals surface area contributed by atoms with Crippen LogP contribution < -0.4 is 10.5 Å². The zero-order valence-electron chi connectivity index (χ0n) is 20.7. The minimum atomic E-state index is -3.42. The zero-order chi connectivity index (χ0) is 27.9. The molecule has 0 fully saturated rings. The van der Waals surface area contributed by atoms with Gasteiger partial charge in [0.1, 0.15) is 5.75 Å². The Kier molecular flexibility index (Phi) is 6.80. The van der Waals surface area contributed by atoms with Gasteiger partial charge in [0, 0.05) is 34.3 Å². The molecule has 8 nitrogen and oxygen atoms in total. The van der Waals surface area contributed by atoms with E-state index in [2.05, 4.69) is 0 Å². The van der Waals surface area contributed by atoms with Crippen molar-refractivity contribution >= 4 is 55.1 Å². The van der Waals surface area contributed by atoms with Gasteiger partial charge in [0.2, 0.25) is 12.0 Å². The van der Waals surface area contributed by atoms with E-state index in [0.717, 1.165) is 11.8 Å². The van der Waals surface area contributed by atoms with Crippen LogP contribution >= 0.6 is 11.6 Å². The van der Waals surface area contributed by atoms with Gasteiger partial charge in [-0.05, 0) is 54.1 Å². The average Bonchev–Trinajstić information content (AvgIpc) is 3.21. The first kappa shape index (κ1) is 26.3. The molecule has 10 heteroatoms. The molecule has 198 valence electrons. The van der Waals surface area contributed by atoms with Gasteiger partial charge in [-0.15, -0.1) is 0 Å². The molecule has 0 aliphatic rings. The molecule has 0 spiro atoms. The predicted octanol–water partition coefficient (Wildman–Crippen LogP) is 5.20. The zero-order valence-corrected chi connectivity index (χ0v) is 22.2. The summed E-state index contributed by atoms with van der Waals surface area (Å²) >= 11 is 5.98. The van der Waals surface area contributed by atoms with E-state index in [0.29, 0.717) is 32.4 Å². The standard InChI is InChI=1S/C29H23ClN2O6S/c1-39(36,37)20-6-2-5-17(15-20)16-32-22-8-3-7-21(28(31)33)25(22)26-23(32)9-4-10-24(26)38-27(29(34)35)18-11-13-19(30)14-12-18/h2-15,27H,16H2,1H3,(H2,31,33)(H,34,35). The molecule has 0 radical (unpaired) electrons. The van der Waals surface area contributed by atoms with Crippen molar-refractivity contribution in [2.75, 3.05) is 6.26 Å². The van der Waals surface area contributed by atoms with Crippen LogP contribution in [0.3, 0.4) is 0 Å². The number of nitrogens with zero attached hydrogens (tertiary/aromatic N) is 1. The van der Waals surface area contributed by atoms with Crippen LogP contribution in [0.25, 0.3) is 21.8 Å². The van der Waals surface area contributed by atoms with E-state index in [1.54, 1.807) is 60.7 Å². The number of benzene rings is 4. The van der Waals surface area contributed by atoms with E-state index in [9.17, 15) is 23.1 Å².